The molecule has 34 heavy (non-hydrogen) atoms. The first-order chi connectivity index (χ1) is 16.5. The summed E-state index contributed by atoms with van der Waals surface area (Å²) in [6.07, 6.45) is 4.25. The Kier molecular flexibility index (Phi) is 6.45. The number of hydrogen-bond acceptors (Lipinski definition) is 7. The SMILES string of the molecule is CCOC(=O)c1ccc(-n2c(O)c(/C=N/NC(=O)c3ccncc3)c3ccccc3c2=O)cc1. The first-order valence-electron chi connectivity index (χ1n) is 10.4. The number of amides is 1. The van der Waals surface area contributed by atoms with Gasteiger partial charge in [-0.3, -0.25) is 14.6 Å². The van der Waals surface area contributed by atoms with Crippen molar-refractivity contribution in [2.24, 2.45) is 5.10 Å². The lowest BCUT2D eigenvalue weighted by molar-refractivity contribution is 0.0526. The summed E-state index contributed by atoms with van der Waals surface area (Å²) < 4.78 is 6.10. The molecule has 0 saturated heterocycles. The fraction of sp³-hybridized carbons (Fsp3) is 0.0800. The zero-order valence-electron chi connectivity index (χ0n) is 18.1. The highest BCUT2D eigenvalue weighted by atomic mass is 16.5. The molecule has 0 bridgehead atoms. The maximum absolute atomic E-state index is 13.2. The van der Waals surface area contributed by atoms with Crippen molar-refractivity contribution in [2.75, 3.05) is 6.61 Å². The number of fused-ring (bicyclic) bond motifs is 1. The Bertz CT molecular complexity index is 1440. The Hall–Kier alpha value is -4.79. The van der Waals surface area contributed by atoms with Crippen LogP contribution in [-0.4, -0.2) is 39.4 Å². The Morgan fingerprint density at radius 1 is 1.03 bits per heavy atom. The highest BCUT2D eigenvalue weighted by Gasteiger charge is 2.17. The van der Waals surface area contributed by atoms with Crippen molar-refractivity contribution in [1.82, 2.24) is 15.0 Å². The predicted octanol–water partition coefficient (Wildman–Crippen LogP) is 3.03. The second-order valence-corrected chi connectivity index (χ2v) is 7.13. The van der Waals surface area contributed by atoms with E-state index in [1.165, 1.54) is 55.0 Å². The molecule has 4 aromatic rings. The molecule has 0 fully saturated rings. The normalized spacial score (nSPS) is 11.0. The van der Waals surface area contributed by atoms with E-state index in [9.17, 15) is 19.5 Å². The van der Waals surface area contributed by atoms with E-state index < -0.39 is 17.4 Å². The number of esters is 1. The molecule has 2 aromatic carbocycles. The third-order valence-corrected chi connectivity index (χ3v) is 5.04. The summed E-state index contributed by atoms with van der Waals surface area (Å²) >= 11 is 0. The average molecular weight is 456 g/mol. The van der Waals surface area contributed by atoms with Crippen molar-refractivity contribution in [3.8, 4) is 11.6 Å². The molecule has 170 valence electrons. The Morgan fingerprint density at radius 3 is 2.38 bits per heavy atom. The van der Waals surface area contributed by atoms with Crippen LogP contribution in [0.1, 0.15) is 33.2 Å². The van der Waals surface area contributed by atoms with Gasteiger partial charge in [0.05, 0.1) is 29.6 Å². The van der Waals surface area contributed by atoms with Gasteiger partial charge in [0.1, 0.15) is 0 Å². The quantitative estimate of drug-likeness (QED) is 0.261. The summed E-state index contributed by atoms with van der Waals surface area (Å²) in [6, 6.07) is 15.9. The van der Waals surface area contributed by atoms with Gasteiger partial charge in [0, 0.05) is 28.7 Å². The third-order valence-electron chi connectivity index (χ3n) is 5.04. The van der Waals surface area contributed by atoms with Crippen LogP contribution in [0.5, 0.6) is 5.88 Å². The van der Waals surface area contributed by atoms with Gasteiger partial charge in [-0.2, -0.15) is 5.10 Å². The molecule has 9 nitrogen and oxygen atoms in total. The predicted molar refractivity (Wildman–Crippen MR) is 126 cm³/mol. The van der Waals surface area contributed by atoms with Gasteiger partial charge < -0.3 is 9.84 Å². The number of aromatic hydroxyl groups is 1. The van der Waals surface area contributed by atoms with Crippen LogP contribution in [0.25, 0.3) is 16.5 Å². The molecule has 4 rings (SSSR count). The summed E-state index contributed by atoms with van der Waals surface area (Å²) in [5.41, 5.74) is 3.22. The Labute approximate surface area is 194 Å². The maximum Gasteiger partial charge on any atom is 0.338 e. The van der Waals surface area contributed by atoms with Gasteiger partial charge in [-0.1, -0.05) is 18.2 Å². The summed E-state index contributed by atoms with van der Waals surface area (Å²) in [4.78, 5) is 41.2. The molecule has 9 heteroatoms. The average Bonchev–Trinajstić information content (AvgIpc) is 2.87. The molecule has 0 aliphatic rings. The molecule has 0 aliphatic heterocycles. The molecular formula is C25H20N4O5. The summed E-state index contributed by atoms with van der Waals surface area (Å²) in [5.74, 6) is -1.30. The number of pyridine rings is 2. The highest BCUT2D eigenvalue weighted by Crippen LogP contribution is 2.26. The number of nitrogens with zero attached hydrogens (tertiary/aromatic N) is 3. The van der Waals surface area contributed by atoms with Crippen LogP contribution in [0, 0.1) is 0 Å². The smallest absolute Gasteiger partial charge is 0.338 e. The van der Waals surface area contributed by atoms with Crippen molar-refractivity contribution in [3.05, 3.63) is 100 Å². The van der Waals surface area contributed by atoms with Crippen LogP contribution in [0.15, 0.2) is 83.0 Å². The zero-order chi connectivity index (χ0) is 24.1. The van der Waals surface area contributed by atoms with Gasteiger partial charge in [0.25, 0.3) is 11.5 Å². The van der Waals surface area contributed by atoms with E-state index in [1.807, 2.05) is 0 Å². The van der Waals surface area contributed by atoms with E-state index in [-0.39, 0.29) is 18.1 Å². The van der Waals surface area contributed by atoms with E-state index in [0.717, 1.165) is 4.57 Å². The Balaban J connectivity index is 1.75. The molecule has 2 N–H and O–H groups in total. The largest absolute Gasteiger partial charge is 0.494 e. The van der Waals surface area contributed by atoms with Gasteiger partial charge in [-0.15, -0.1) is 0 Å². The monoisotopic (exact) mass is 456 g/mol. The third kappa shape index (κ3) is 4.40. The first kappa shape index (κ1) is 22.4. The lowest BCUT2D eigenvalue weighted by Crippen LogP contribution is -2.21. The number of carbonyl (C=O) groups excluding carboxylic acids is 2. The van der Waals surface area contributed by atoms with Crippen LogP contribution in [0.2, 0.25) is 0 Å². The standard InChI is InChI=1S/C25H20N4O5/c1-2-34-25(33)17-7-9-18(10-8-17)29-23(31)20-6-4-3-5-19(20)21(24(29)32)15-27-28-22(30)16-11-13-26-14-12-16/h3-15,32H,2H2,1H3,(H,28,30)/b27-15+. The van der Waals surface area contributed by atoms with Crippen molar-refractivity contribution in [3.63, 3.8) is 0 Å². The van der Waals surface area contributed by atoms with E-state index in [1.54, 1.807) is 31.2 Å². The molecule has 0 spiro atoms. The number of ether oxygens (including phenoxy) is 1. The van der Waals surface area contributed by atoms with Gasteiger partial charge in [0.2, 0.25) is 5.88 Å². The van der Waals surface area contributed by atoms with Gasteiger partial charge in [-0.25, -0.2) is 14.8 Å². The molecule has 1 amide bonds. The van der Waals surface area contributed by atoms with Crippen molar-refractivity contribution in [1.29, 1.82) is 0 Å². The number of benzene rings is 2. The number of carbonyl (C=O) groups is 2. The number of hydrogen-bond donors (Lipinski definition) is 2. The van der Waals surface area contributed by atoms with Gasteiger partial charge >= 0.3 is 5.97 Å². The van der Waals surface area contributed by atoms with E-state index in [4.69, 9.17) is 4.74 Å². The minimum absolute atomic E-state index is 0.236. The topological polar surface area (TPSA) is 123 Å². The molecule has 2 aromatic heterocycles. The summed E-state index contributed by atoms with van der Waals surface area (Å²) in [6.45, 7) is 1.95. The van der Waals surface area contributed by atoms with Crippen LogP contribution in [0.3, 0.4) is 0 Å². The molecule has 0 aliphatic carbocycles. The van der Waals surface area contributed by atoms with E-state index >= 15 is 0 Å². The van der Waals surface area contributed by atoms with Crippen molar-refractivity contribution in [2.45, 2.75) is 6.92 Å². The molecule has 0 atom stereocenters. The van der Waals surface area contributed by atoms with Crippen LogP contribution in [0.4, 0.5) is 0 Å². The molecule has 0 unspecified atom stereocenters. The van der Waals surface area contributed by atoms with Gasteiger partial charge in [0.15, 0.2) is 0 Å². The van der Waals surface area contributed by atoms with Crippen molar-refractivity contribution < 1.29 is 19.4 Å². The van der Waals surface area contributed by atoms with Gasteiger partial charge in [-0.05, 0) is 49.4 Å². The zero-order valence-corrected chi connectivity index (χ0v) is 18.1. The van der Waals surface area contributed by atoms with Crippen LogP contribution >= 0.6 is 0 Å². The minimum Gasteiger partial charge on any atom is -0.494 e. The number of hydrazone groups is 1. The van der Waals surface area contributed by atoms with Crippen LogP contribution in [-0.2, 0) is 4.74 Å². The molecule has 0 saturated carbocycles. The van der Waals surface area contributed by atoms with E-state index in [0.29, 0.717) is 27.6 Å². The molecule has 2 heterocycles. The lowest BCUT2D eigenvalue weighted by atomic mass is 10.1. The summed E-state index contributed by atoms with van der Waals surface area (Å²) in [5, 5.41) is 15.8. The minimum atomic E-state index is -0.484. The maximum atomic E-state index is 13.2. The van der Waals surface area contributed by atoms with Crippen molar-refractivity contribution >= 4 is 28.9 Å². The fourth-order valence-corrected chi connectivity index (χ4v) is 3.41. The number of aromatic nitrogens is 2. The molecular weight excluding hydrogens is 436 g/mol. The highest BCUT2D eigenvalue weighted by molar-refractivity contribution is 6.02. The lowest BCUT2D eigenvalue weighted by Gasteiger charge is -2.14. The van der Waals surface area contributed by atoms with E-state index in [2.05, 4.69) is 15.5 Å². The fourth-order valence-electron chi connectivity index (χ4n) is 3.41. The summed E-state index contributed by atoms with van der Waals surface area (Å²) in [7, 11) is 0. The first-order valence-corrected chi connectivity index (χ1v) is 10.4. The Morgan fingerprint density at radius 2 is 1.71 bits per heavy atom. The number of nitrogens with one attached hydrogen (secondary N) is 1. The molecule has 0 radical (unpaired) electrons. The van der Waals surface area contributed by atoms with Crippen LogP contribution < -0.4 is 11.0 Å². The number of rotatable bonds is 6. The second-order valence-electron chi connectivity index (χ2n) is 7.13. The second kappa shape index (κ2) is 9.78.